The number of nitrogens with zero attached hydrogens (tertiary/aromatic N) is 2. The second-order valence-corrected chi connectivity index (χ2v) is 11.0. The lowest BCUT2D eigenvalue weighted by molar-refractivity contribution is -0.0286. The van der Waals surface area contributed by atoms with Crippen LogP contribution in [0, 0.1) is 11.8 Å². The van der Waals surface area contributed by atoms with E-state index < -0.39 is 0 Å². The van der Waals surface area contributed by atoms with Crippen LogP contribution in [0.3, 0.4) is 0 Å². The van der Waals surface area contributed by atoms with Crippen LogP contribution < -0.4 is 5.32 Å². The predicted octanol–water partition coefficient (Wildman–Crippen LogP) is 5.95. The van der Waals surface area contributed by atoms with E-state index in [2.05, 4.69) is 42.8 Å². The van der Waals surface area contributed by atoms with Crippen LogP contribution in [-0.2, 0) is 4.74 Å². The maximum atomic E-state index is 6.17. The number of hydrogen-bond acceptors (Lipinski definition) is 4. The topological polar surface area (TPSA) is 27.7 Å². The average Bonchev–Trinajstić information content (AvgIpc) is 2.77. The minimum atomic E-state index is 0.502. The van der Waals surface area contributed by atoms with Crippen LogP contribution in [0.1, 0.15) is 105 Å². The highest BCUT2D eigenvalue weighted by Crippen LogP contribution is 2.24. The van der Waals surface area contributed by atoms with E-state index in [1.54, 1.807) is 0 Å². The van der Waals surface area contributed by atoms with Crippen molar-refractivity contribution in [3.8, 4) is 0 Å². The van der Waals surface area contributed by atoms with Crippen molar-refractivity contribution < 1.29 is 4.74 Å². The van der Waals surface area contributed by atoms with Crippen LogP contribution in [-0.4, -0.2) is 74.4 Å². The van der Waals surface area contributed by atoms with Gasteiger partial charge >= 0.3 is 0 Å². The van der Waals surface area contributed by atoms with Crippen molar-refractivity contribution in [1.82, 2.24) is 15.1 Å². The van der Waals surface area contributed by atoms with Gasteiger partial charge in [-0.2, -0.15) is 0 Å². The van der Waals surface area contributed by atoms with Crippen LogP contribution in [0.2, 0.25) is 0 Å². The highest BCUT2D eigenvalue weighted by molar-refractivity contribution is 4.86. The molecule has 1 aliphatic carbocycles. The van der Waals surface area contributed by atoms with E-state index in [1.807, 2.05) is 0 Å². The maximum absolute atomic E-state index is 6.17. The van der Waals surface area contributed by atoms with Gasteiger partial charge in [-0.05, 0) is 50.5 Å². The summed E-state index contributed by atoms with van der Waals surface area (Å²) < 4.78 is 6.17. The predicted molar refractivity (Wildman–Crippen MR) is 139 cm³/mol. The molecule has 2 fully saturated rings. The van der Waals surface area contributed by atoms with Gasteiger partial charge in [0.15, 0.2) is 0 Å². The molecule has 0 amide bonds. The first-order valence-corrected chi connectivity index (χ1v) is 14.4. The third-order valence-electron chi connectivity index (χ3n) is 7.81. The lowest BCUT2D eigenvalue weighted by Crippen LogP contribution is -2.49. The van der Waals surface area contributed by atoms with Gasteiger partial charge in [-0.3, -0.25) is 4.90 Å². The SMILES string of the molecule is CCCCCCC(CCCC)CN1CCN(CCO[C@H]2C[C@H](NCC(C)CCC)C2)CC1. The summed E-state index contributed by atoms with van der Waals surface area (Å²) in [6.45, 7) is 18.8. The molecule has 0 radical (unpaired) electrons. The van der Waals surface area contributed by atoms with Gasteiger partial charge in [-0.25, -0.2) is 0 Å². The van der Waals surface area contributed by atoms with E-state index in [-0.39, 0.29) is 0 Å². The summed E-state index contributed by atoms with van der Waals surface area (Å²) in [5.74, 6) is 1.73. The fourth-order valence-corrected chi connectivity index (χ4v) is 5.42. The Morgan fingerprint density at radius 2 is 1.50 bits per heavy atom. The summed E-state index contributed by atoms with van der Waals surface area (Å²) in [7, 11) is 0. The molecule has 2 aliphatic rings. The number of nitrogens with one attached hydrogen (secondary N) is 1. The van der Waals surface area contributed by atoms with Crippen molar-refractivity contribution >= 4 is 0 Å². The minimum absolute atomic E-state index is 0.502. The highest BCUT2D eigenvalue weighted by atomic mass is 16.5. The Balaban J connectivity index is 1.50. The minimum Gasteiger partial charge on any atom is -0.377 e. The van der Waals surface area contributed by atoms with E-state index in [1.165, 1.54) is 116 Å². The molecule has 1 aliphatic heterocycles. The number of hydrogen-bond donors (Lipinski definition) is 1. The van der Waals surface area contributed by atoms with E-state index in [0.717, 1.165) is 25.0 Å². The number of ether oxygens (including phenoxy) is 1. The first-order chi connectivity index (χ1) is 15.6. The summed E-state index contributed by atoms with van der Waals surface area (Å²) in [5.41, 5.74) is 0. The number of rotatable bonds is 19. The average molecular weight is 452 g/mol. The normalized spacial score (nSPS) is 24.4. The lowest BCUT2D eigenvalue weighted by atomic mass is 9.88. The molecule has 190 valence electrons. The van der Waals surface area contributed by atoms with Crippen LogP contribution in [0.25, 0.3) is 0 Å². The lowest BCUT2D eigenvalue weighted by Gasteiger charge is -2.38. The summed E-state index contributed by atoms with van der Waals surface area (Å²) in [4.78, 5) is 5.37. The summed E-state index contributed by atoms with van der Waals surface area (Å²) >= 11 is 0. The first-order valence-electron chi connectivity index (χ1n) is 14.4. The van der Waals surface area contributed by atoms with Gasteiger partial charge in [0.25, 0.3) is 0 Å². The Hall–Kier alpha value is -0.160. The molecule has 2 unspecified atom stereocenters. The first kappa shape index (κ1) is 28.1. The maximum Gasteiger partial charge on any atom is 0.0605 e. The second kappa shape index (κ2) is 17.3. The number of piperazine rings is 1. The fourth-order valence-electron chi connectivity index (χ4n) is 5.42. The van der Waals surface area contributed by atoms with Crippen LogP contribution in [0.15, 0.2) is 0 Å². The highest BCUT2D eigenvalue weighted by Gasteiger charge is 2.29. The largest absolute Gasteiger partial charge is 0.377 e. The van der Waals surface area contributed by atoms with Crippen LogP contribution in [0.5, 0.6) is 0 Å². The molecule has 0 spiro atoms. The molecule has 2 atom stereocenters. The Kier molecular flexibility index (Phi) is 15.2. The molecular weight excluding hydrogens is 394 g/mol. The smallest absolute Gasteiger partial charge is 0.0605 e. The van der Waals surface area contributed by atoms with Gasteiger partial charge in [0.05, 0.1) is 12.7 Å². The fraction of sp³-hybridized carbons (Fsp3) is 1.00. The monoisotopic (exact) mass is 451 g/mol. The standard InChI is InChI=1S/C28H57N3O/c1-5-8-10-11-14-26(13-9-6-2)24-31-17-15-30(16-18-31)19-20-32-28-21-27(22-28)29-23-25(4)12-7-3/h25-29H,5-24H2,1-4H3/t25?,26?,27-,28-. The third-order valence-corrected chi connectivity index (χ3v) is 7.81. The van der Waals surface area contributed by atoms with Gasteiger partial charge < -0.3 is 15.0 Å². The molecule has 1 N–H and O–H groups in total. The summed E-state index contributed by atoms with van der Waals surface area (Å²) in [6, 6.07) is 0.700. The van der Waals surface area contributed by atoms with Crippen molar-refractivity contribution in [2.75, 3.05) is 52.4 Å². The Morgan fingerprint density at radius 1 is 0.812 bits per heavy atom. The Bertz CT molecular complexity index is 432. The van der Waals surface area contributed by atoms with Crippen LogP contribution >= 0.6 is 0 Å². The third kappa shape index (κ3) is 11.8. The molecular formula is C28H57N3O. The molecule has 4 heteroatoms. The van der Waals surface area contributed by atoms with Crippen molar-refractivity contribution in [3.63, 3.8) is 0 Å². The zero-order valence-electron chi connectivity index (χ0n) is 22.3. The Labute approximate surface area is 201 Å². The van der Waals surface area contributed by atoms with E-state index in [9.17, 15) is 0 Å². The molecule has 2 rings (SSSR count). The molecule has 0 aromatic heterocycles. The van der Waals surface area contributed by atoms with Crippen molar-refractivity contribution in [2.45, 2.75) is 117 Å². The van der Waals surface area contributed by atoms with E-state index in [4.69, 9.17) is 4.74 Å². The van der Waals surface area contributed by atoms with E-state index >= 15 is 0 Å². The molecule has 1 saturated heterocycles. The summed E-state index contributed by atoms with van der Waals surface area (Å²) in [6.07, 6.45) is 16.8. The quantitative estimate of drug-likeness (QED) is 0.245. The Morgan fingerprint density at radius 3 is 2.19 bits per heavy atom. The molecule has 1 saturated carbocycles. The van der Waals surface area contributed by atoms with Crippen LogP contribution in [0.4, 0.5) is 0 Å². The molecule has 0 aromatic rings. The molecule has 0 aromatic carbocycles. The molecule has 1 heterocycles. The zero-order valence-corrected chi connectivity index (χ0v) is 22.3. The van der Waals surface area contributed by atoms with E-state index in [0.29, 0.717) is 12.1 Å². The number of unbranched alkanes of at least 4 members (excludes halogenated alkanes) is 4. The van der Waals surface area contributed by atoms with Crippen molar-refractivity contribution in [1.29, 1.82) is 0 Å². The second-order valence-electron chi connectivity index (χ2n) is 11.0. The van der Waals surface area contributed by atoms with Crippen molar-refractivity contribution in [3.05, 3.63) is 0 Å². The van der Waals surface area contributed by atoms with Gasteiger partial charge in [0.1, 0.15) is 0 Å². The van der Waals surface area contributed by atoms with Gasteiger partial charge in [-0.1, -0.05) is 72.6 Å². The summed E-state index contributed by atoms with van der Waals surface area (Å²) in [5, 5.41) is 3.73. The zero-order chi connectivity index (χ0) is 23.0. The van der Waals surface area contributed by atoms with Gasteiger partial charge in [0, 0.05) is 45.3 Å². The molecule has 0 bridgehead atoms. The van der Waals surface area contributed by atoms with Crippen molar-refractivity contribution in [2.24, 2.45) is 11.8 Å². The molecule has 4 nitrogen and oxygen atoms in total. The molecule has 32 heavy (non-hydrogen) atoms. The van der Waals surface area contributed by atoms with Gasteiger partial charge in [0.2, 0.25) is 0 Å². The van der Waals surface area contributed by atoms with Gasteiger partial charge in [-0.15, -0.1) is 0 Å².